The van der Waals surface area contributed by atoms with Crippen molar-refractivity contribution in [1.82, 2.24) is 10.1 Å². The molecule has 0 bridgehead atoms. The Morgan fingerprint density at radius 3 is 2.43 bits per heavy atom. The average molecular weight is 498 g/mol. The maximum atomic E-state index is 13.2. The van der Waals surface area contributed by atoms with Crippen LogP contribution in [-0.4, -0.2) is 63.4 Å². The van der Waals surface area contributed by atoms with Crippen LogP contribution in [0.25, 0.3) is 11.3 Å². The fourth-order valence-electron chi connectivity index (χ4n) is 4.34. The number of hydrogen-bond donors (Lipinski definition) is 0. The number of nitrogens with zero attached hydrogens (tertiary/aromatic N) is 3. The zero-order valence-electron chi connectivity index (χ0n) is 20.6. The van der Waals surface area contributed by atoms with Gasteiger partial charge in [0, 0.05) is 43.7 Å². The minimum absolute atomic E-state index is 0.0545. The molecule has 0 atom stereocenters. The summed E-state index contributed by atoms with van der Waals surface area (Å²) >= 11 is 0. The van der Waals surface area contributed by atoms with Gasteiger partial charge in [0.15, 0.2) is 15.6 Å². The minimum atomic E-state index is -3.66. The van der Waals surface area contributed by atoms with E-state index in [1.165, 1.54) is 0 Å². The lowest BCUT2D eigenvalue weighted by molar-refractivity contribution is -0.131. The monoisotopic (exact) mass is 497 g/mol. The van der Waals surface area contributed by atoms with Crippen molar-refractivity contribution in [3.05, 3.63) is 59.3 Å². The maximum absolute atomic E-state index is 13.2. The third-order valence-electron chi connectivity index (χ3n) is 6.59. The Balaban J connectivity index is 1.40. The Bertz CT molecular complexity index is 1320. The Kier molecular flexibility index (Phi) is 7.16. The number of hydrogen-bond acceptors (Lipinski definition) is 7. The van der Waals surface area contributed by atoms with Crippen molar-refractivity contribution >= 4 is 21.4 Å². The molecule has 1 saturated heterocycles. The molecule has 0 unspecified atom stereocenters. The van der Waals surface area contributed by atoms with E-state index in [1.54, 1.807) is 31.1 Å². The Morgan fingerprint density at radius 1 is 1.06 bits per heavy atom. The smallest absolute Gasteiger partial charge is 0.223 e. The minimum Gasteiger partial charge on any atom is -0.495 e. The van der Waals surface area contributed by atoms with E-state index in [0.717, 1.165) is 22.7 Å². The number of sulfone groups is 1. The zero-order valence-corrected chi connectivity index (χ0v) is 21.4. The molecule has 0 radical (unpaired) electrons. The number of aryl methyl sites for hydroxylation is 2. The quantitative estimate of drug-likeness (QED) is 0.490. The van der Waals surface area contributed by atoms with E-state index in [0.29, 0.717) is 43.1 Å². The van der Waals surface area contributed by atoms with Crippen LogP contribution >= 0.6 is 0 Å². The topological polar surface area (TPSA) is 93.0 Å². The largest absolute Gasteiger partial charge is 0.495 e. The van der Waals surface area contributed by atoms with Crippen molar-refractivity contribution in [3.63, 3.8) is 0 Å². The molecule has 1 aliphatic rings. The van der Waals surface area contributed by atoms with E-state index in [4.69, 9.17) is 9.26 Å². The molecule has 0 saturated carbocycles. The molecule has 1 amide bonds. The summed E-state index contributed by atoms with van der Waals surface area (Å²) in [7, 11) is -2.02. The highest BCUT2D eigenvalue weighted by Gasteiger charge is 2.26. The van der Waals surface area contributed by atoms with Crippen LogP contribution in [0, 0.1) is 20.8 Å². The predicted molar refractivity (Wildman–Crippen MR) is 135 cm³/mol. The summed E-state index contributed by atoms with van der Waals surface area (Å²) in [6.07, 6.45) is -0.0545. The first-order valence-corrected chi connectivity index (χ1v) is 13.3. The Hall–Kier alpha value is -3.33. The summed E-state index contributed by atoms with van der Waals surface area (Å²) in [6.45, 7) is 7.89. The number of benzene rings is 2. The van der Waals surface area contributed by atoms with Crippen molar-refractivity contribution in [2.24, 2.45) is 0 Å². The highest BCUT2D eigenvalue weighted by molar-refractivity contribution is 7.91. The maximum Gasteiger partial charge on any atom is 0.223 e. The molecule has 0 N–H and O–H groups in total. The second kappa shape index (κ2) is 10.1. The van der Waals surface area contributed by atoms with Crippen molar-refractivity contribution in [3.8, 4) is 17.1 Å². The van der Waals surface area contributed by atoms with Crippen molar-refractivity contribution in [1.29, 1.82) is 0 Å². The Labute approximate surface area is 206 Å². The van der Waals surface area contributed by atoms with Crippen LogP contribution in [0.1, 0.15) is 23.2 Å². The lowest BCUT2D eigenvalue weighted by atomic mass is 10.1. The first kappa shape index (κ1) is 24.8. The summed E-state index contributed by atoms with van der Waals surface area (Å²) < 4.78 is 37.2. The summed E-state index contributed by atoms with van der Waals surface area (Å²) in [5.74, 6) is 0.968. The number of piperazine rings is 1. The highest BCUT2D eigenvalue weighted by atomic mass is 32.2. The standard InChI is InChI=1S/C26H31N3O5S/c1-18-9-10-21(26-19(2)20(3)27-34-26)17-24(18)35(31,32)16-11-25(30)29-14-12-28(13-15-29)22-7-5-6-8-23(22)33-4/h5-10,17H,11-16H2,1-4H3. The molecule has 186 valence electrons. The van der Waals surface area contributed by atoms with Gasteiger partial charge in [0.25, 0.3) is 0 Å². The summed E-state index contributed by atoms with van der Waals surface area (Å²) in [4.78, 5) is 17.0. The van der Waals surface area contributed by atoms with Gasteiger partial charge < -0.3 is 19.1 Å². The SMILES string of the molecule is COc1ccccc1N1CCN(C(=O)CCS(=O)(=O)c2cc(-c3onc(C)c3C)ccc2C)CC1. The van der Waals surface area contributed by atoms with E-state index in [2.05, 4.69) is 10.1 Å². The van der Waals surface area contributed by atoms with Crippen molar-refractivity contribution < 1.29 is 22.5 Å². The van der Waals surface area contributed by atoms with Crippen molar-refractivity contribution in [2.45, 2.75) is 32.1 Å². The molecule has 0 spiro atoms. The average Bonchev–Trinajstić information content (AvgIpc) is 3.20. The molecule has 1 aliphatic heterocycles. The van der Waals surface area contributed by atoms with Gasteiger partial charge in [0.2, 0.25) is 5.91 Å². The lowest BCUT2D eigenvalue weighted by Crippen LogP contribution is -2.49. The summed E-state index contributed by atoms with van der Waals surface area (Å²) in [6, 6.07) is 13.0. The van der Waals surface area contributed by atoms with Crippen LogP contribution in [0.15, 0.2) is 51.9 Å². The van der Waals surface area contributed by atoms with Crippen LogP contribution in [0.3, 0.4) is 0 Å². The van der Waals surface area contributed by atoms with Gasteiger partial charge in [-0.15, -0.1) is 0 Å². The molecular formula is C26H31N3O5S. The molecule has 2 heterocycles. The number of amides is 1. The first-order valence-electron chi connectivity index (χ1n) is 11.6. The number of aromatic nitrogens is 1. The van der Waals surface area contributed by atoms with E-state index in [1.807, 2.05) is 44.2 Å². The van der Waals surface area contributed by atoms with Gasteiger partial charge in [0.05, 0.1) is 29.1 Å². The molecule has 0 aliphatic carbocycles. The number of anilines is 1. The van der Waals surface area contributed by atoms with Gasteiger partial charge in [-0.3, -0.25) is 4.79 Å². The van der Waals surface area contributed by atoms with Crippen LogP contribution < -0.4 is 9.64 Å². The predicted octanol–water partition coefficient (Wildman–Crippen LogP) is 3.79. The van der Waals surface area contributed by atoms with Gasteiger partial charge in [-0.25, -0.2) is 8.42 Å². The molecule has 8 nitrogen and oxygen atoms in total. The third kappa shape index (κ3) is 5.19. The second-order valence-corrected chi connectivity index (χ2v) is 10.9. The van der Waals surface area contributed by atoms with E-state index >= 15 is 0 Å². The molecule has 3 aromatic rings. The molecule has 2 aromatic carbocycles. The number of rotatable bonds is 7. The van der Waals surface area contributed by atoms with Crippen LogP contribution in [0.2, 0.25) is 0 Å². The van der Waals surface area contributed by atoms with E-state index in [9.17, 15) is 13.2 Å². The third-order valence-corrected chi connectivity index (χ3v) is 8.44. The second-order valence-electron chi connectivity index (χ2n) is 8.81. The number of para-hydroxylation sites is 2. The van der Waals surface area contributed by atoms with Crippen LogP contribution in [-0.2, 0) is 14.6 Å². The normalized spacial score (nSPS) is 14.3. The fourth-order valence-corrected chi connectivity index (χ4v) is 5.87. The lowest BCUT2D eigenvalue weighted by Gasteiger charge is -2.36. The van der Waals surface area contributed by atoms with Gasteiger partial charge in [0.1, 0.15) is 5.75 Å². The van der Waals surface area contributed by atoms with E-state index in [-0.39, 0.29) is 23.0 Å². The van der Waals surface area contributed by atoms with Gasteiger partial charge in [-0.05, 0) is 44.5 Å². The molecule has 1 aromatic heterocycles. The first-order chi connectivity index (χ1) is 16.7. The molecule has 4 rings (SSSR count). The number of ether oxygens (including phenoxy) is 1. The van der Waals surface area contributed by atoms with Crippen molar-refractivity contribution in [2.75, 3.05) is 43.9 Å². The summed E-state index contributed by atoms with van der Waals surface area (Å²) in [5, 5.41) is 3.97. The Morgan fingerprint density at radius 2 is 1.77 bits per heavy atom. The van der Waals surface area contributed by atoms with Crippen LogP contribution in [0.4, 0.5) is 5.69 Å². The van der Waals surface area contributed by atoms with Gasteiger partial charge in [-0.2, -0.15) is 0 Å². The molecule has 35 heavy (non-hydrogen) atoms. The van der Waals surface area contributed by atoms with Crippen LogP contribution in [0.5, 0.6) is 5.75 Å². The molecule has 1 fully saturated rings. The fraction of sp³-hybridized carbons (Fsp3) is 0.385. The molecule has 9 heteroatoms. The number of carbonyl (C=O) groups excluding carboxylic acids is 1. The van der Waals surface area contributed by atoms with Gasteiger partial charge >= 0.3 is 0 Å². The number of methoxy groups -OCH3 is 1. The highest BCUT2D eigenvalue weighted by Crippen LogP contribution is 2.30. The number of carbonyl (C=O) groups is 1. The molecular weight excluding hydrogens is 466 g/mol. The van der Waals surface area contributed by atoms with E-state index < -0.39 is 9.84 Å². The van der Waals surface area contributed by atoms with Gasteiger partial charge in [-0.1, -0.05) is 29.4 Å². The summed E-state index contributed by atoms with van der Waals surface area (Å²) in [5.41, 5.74) is 3.94. The zero-order chi connectivity index (χ0) is 25.2.